The molecular formula is C23H27N3O2. The lowest BCUT2D eigenvalue weighted by Gasteiger charge is -2.22. The number of rotatable bonds is 5. The average molecular weight is 377 g/mol. The predicted octanol–water partition coefficient (Wildman–Crippen LogP) is 4.44. The van der Waals surface area contributed by atoms with Crippen LogP contribution in [0.5, 0.6) is 0 Å². The lowest BCUT2D eigenvalue weighted by atomic mass is 10.1. The molecule has 2 amide bonds. The van der Waals surface area contributed by atoms with E-state index in [1.807, 2.05) is 23.1 Å². The molecule has 5 heteroatoms. The second-order valence-corrected chi connectivity index (χ2v) is 7.31. The summed E-state index contributed by atoms with van der Waals surface area (Å²) in [6.07, 6.45) is 4.03. The summed E-state index contributed by atoms with van der Waals surface area (Å²) in [4.78, 5) is 14.8. The number of nitrogens with one attached hydrogen (secondary N) is 1. The lowest BCUT2D eigenvalue weighted by molar-refractivity contribution is 0.188. The van der Waals surface area contributed by atoms with E-state index in [1.165, 1.54) is 27.6 Å². The summed E-state index contributed by atoms with van der Waals surface area (Å²) >= 11 is 0. The minimum atomic E-state index is -0.0392. The van der Waals surface area contributed by atoms with E-state index in [-0.39, 0.29) is 6.03 Å². The van der Waals surface area contributed by atoms with E-state index in [2.05, 4.69) is 47.3 Å². The number of urea groups is 1. The third-order valence-corrected chi connectivity index (χ3v) is 5.49. The predicted molar refractivity (Wildman–Crippen MR) is 113 cm³/mol. The highest BCUT2D eigenvalue weighted by Crippen LogP contribution is 2.29. The molecule has 0 saturated heterocycles. The Bertz CT molecular complexity index is 993. The molecule has 0 unspecified atom stereocenters. The monoisotopic (exact) mass is 377 g/mol. The molecular weight excluding hydrogens is 350 g/mol. The number of benzene rings is 2. The van der Waals surface area contributed by atoms with Crippen molar-refractivity contribution in [2.75, 3.05) is 25.6 Å². The highest BCUT2D eigenvalue weighted by molar-refractivity contribution is 5.92. The number of hydrogen-bond acceptors (Lipinski definition) is 2. The van der Waals surface area contributed by atoms with Gasteiger partial charge in [0.25, 0.3) is 0 Å². The number of anilines is 1. The van der Waals surface area contributed by atoms with Crippen LogP contribution in [0.2, 0.25) is 0 Å². The number of aryl methyl sites for hydroxylation is 1. The number of amides is 2. The van der Waals surface area contributed by atoms with Crippen LogP contribution >= 0.6 is 0 Å². The van der Waals surface area contributed by atoms with Gasteiger partial charge in [-0.05, 0) is 47.7 Å². The van der Waals surface area contributed by atoms with Gasteiger partial charge in [0.15, 0.2) is 0 Å². The maximum absolute atomic E-state index is 12.9. The van der Waals surface area contributed by atoms with Crippen LogP contribution < -0.4 is 5.32 Å². The maximum Gasteiger partial charge on any atom is 0.322 e. The Labute approximate surface area is 165 Å². The topological polar surface area (TPSA) is 46.5 Å². The van der Waals surface area contributed by atoms with E-state index in [0.717, 1.165) is 25.1 Å². The first-order valence-corrected chi connectivity index (χ1v) is 9.93. The van der Waals surface area contributed by atoms with Crippen molar-refractivity contribution in [2.24, 2.45) is 0 Å². The van der Waals surface area contributed by atoms with Gasteiger partial charge in [-0.2, -0.15) is 0 Å². The SMILES string of the molecule is CCc1cccc(NC(=O)N2CCc3cn(CCOC)c4cccc(c34)C2)c1. The van der Waals surface area contributed by atoms with Gasteiger partial charge in [0.2, 0.25) is 0 Å². The third kappa shape index (κ3) is 3.62. The largest absolute Gasteiger partial charge is 0.383 e. The van der Waals surface area contributed by atoms with E-state index in [1.54, 1.807) is 7.11 Å². The summed E-state index contributed by atoms with van der Waals surface area (Å²) < 4.78 is 7.52. The zero-order valence-corrected chi connectivity index (χ0v) is 16.6. The standard InChI is InChI=1S/C23H27N3O2/c1-3-17-6-4-8-20(14-17)24-23(27)26-11-10-19-15-25(12-13-28-2)21-9-5-7-18(16-26)22(19)21/h4-9,14-15H,3,10-13,16H2,1-2H3,(H,24,27). The Morgan fingerprint density at radius 1 is 1.18 bits per heavy atom. The minimum Gasteiger partial charge on any atom is -0.383 e. The molecule has 1 aliphatic heterocycles. The highest BCUT2D eigenvalue weighted by atomic mass is 16.5. The summed E-state index contributed by atoms with van der Waals surface area (Å²) in [5.41, 5.74) is 5.82. The maximum atomic E-state index is 12.9. The normalized spacial score (nSPS) is 13.6. The molecule has 28 heavy (non-hydrogen) atoms. The Morgan fingerprint density at radius 2 is 2.04 bits per heavy atom. The molecule has 0 fully saturated rings. The molecule has 1 aromatic heterocycles. The van der Waals surface area contributed by atoms with Gasteiger partial charge >= 0.3 is 6.03 Å². The van der Waals surface area contributed by atoms with Crippen LogP contribution in [0, 0.1) is 0 Å². The molecule has 2 heterocycles. The first-order chi connectivity index (χ1) is 13.7. The molecule has 146 valence electrons. The van der Waals surface area contributed by atoms with Crippen LogP contribution in [0.15, 0.2) is 48.7 Å². The molecule has 3 aromatic rings. The number of carbonyl (C=O) groups is 1. The molecule has 0 aliphatic carbocycles. The summed E-state index contributed by atoms with van der Waals surface area (Å²) in [5.74, 6) is 0. The van der Waals surface area contributed by atoms with Crippen molar-refractivity contribution in [1.82, 2.24) is 9.47 Å². The zero-order chi connectivity index (χ0) is 19.5. The number of carbonyl (C=O) groups excluding carboxylic acids is 1. The molecule has 2 aromatic carbocycles. The summed E-state index contributed by atoms with van der Waals surface area (Å²) in [6.45, 7) is 4.98. The van der Waals surface area contributed by atoms with Crippen molar-refractivity contribution >= 4 is 22.6 Å². The highest BCUT2D eigenvalue weighted by Gasteiger charge is 2.22. The van der Waals surface area contributed by atoms with Crippen molar-refractivity contribution in [2.45, 2.75) is 32.9 Å². The van der Waals surface area contributed by atoms with E-state index >= 15 is 0 Å². The van der Waals surface area contributed by atoms with Crippen LogP contribution in [-0.4, -0.2) is 35.8 Å². The summed E-state index contributed by atoms with van der Waals surface area (Å²) in [6, 6.07) is 14.4. The molecule has 1 N–H and O–H groups in total. The lowest BCUT2D eigenvalue weighted by Crippen LogP contribution is -2.35. The molecule has 5 nitrogen and oxygen atoms in total. The van der Waals surface area contributed by atoms with E-state index < -0.39 is 0 Å². The van der Waals surface area contributed by atoms with Crippen LogP contribution in [0.1, 0.15) is 23.6 Å². The van der Waals surface area contributed by atoms with Gasteiger partial charge in [0.05, 0.1) is 6.61 Å². The number of aromatic nitrogens is 1. The fourth-order valence-corrected chi connectivity index (χ4v) is 4.00. The number of nitrogens with zero attached hydrogens (tertiary/aromatic N) is 2. The van der Waals surface area contributed by atoms with E-state index in [9.17, 15) is 4.79 Å². The smallest absolute Gasteiger partial charge is 0.322 e. The van der Waals surface area contributed by atoms with Gasteiger partial charge in [-0.3, -0.25) is 0 Å². The van der Waals surface area contributed by atoms with Crippen LogP contribution in [0.25, 0.3) is 10.9 Å². The first-order valence-electron chi connectivity index (χ1n) is 9.93. The molecule has 0 spiro atoms. The van der Waals surface area contributed by atoms with E-state index in [0.29, 0.717) is 19.7 Å². The quantitative estimate of drug-likeness (QED) is 0.714. The number of hydrogen-bond donors (Lipinski definition) is 1. The molecule has 1 aliphatic rings. The molecule has 0 atom stereocenters. The third-order valence-electron chi connectivity index (χ3n) is 5.49. The van der Waals surface area contributed by atoms with Crippen LogP contribution in [0.4, 0.5) is 10.5 Å². The Hall–Kier alpha value is -2.79. The van der Waals surface area contributed by atoms with Gasteiger partial charge in [-0.15, -0.1) is 0 Å². The van der Waals surface area contributed by atoms with Gasteiger partial charge in [-0.25, -0.2) is 4.79 Å². The Kier molecular flexibility index (Phi) is 5.35. The zero-order valence-electron chi connectivity index (χ0n) is 16.6. The van der Waals surface area contributed by atoms with Gasteiger partial charge in [0.1, 0.15) is 0 Å². The first kappa shape index (κ1) is 18.6. The van der Waals surface area contributed by atoms with Gasteiger partial charge < -0.3 is 19.5 Å². The molecule has 0 saturated carbocycles. The second-order valence-electron chi connectivity index (χ2n) is 7.31. The van der Waals surface area contributed by atoms with Crippen molar-refractivity contribution in [3.05, 3.63) is 65.4 Å². The van der Waals surface area contributed by atoms with Crippen LogP contribution in [0.3, 0.4) is 0 Å². The number of methoxy groups -OCH3 is 1. The van der Waals surface area contributed by atoms with Gasteiger partial charge in [0, 0.05) is 49.5 Å². The van der Waals surface area contributed by atoms with Crippen LogP contribution in [-0.2, 0) is 30.7 Å². The van der Waals surface area contributed by atoms with Crippen molar-refractivity contribution in [3.63, 3.8) is 0 Å². The van der Waals surface area contributed by atoms with Crippen molar-refractivity contribution < 1.29 is 9.53 Å². The van der Waals surface area contributed by atoms with Gasteiger partial charge in [-0.1, -0.05) is 31.2 Å². The van der Waals surface area contributed by atoms with Crippen molar-refractivity contribution in [1.29, 1.82) is 0 Å². The second kappa shape index (κ2) is 8.07. The Morgan fingerprint density at radius 3 is 2.86 bits per heavy atom. The molecule has 0 bridgehead atoms. The average Bonchev–Trinajstić information content (AvgIpc) is 2.96. The minimum absolute atomic E-state index is 0.0392. The molecule has 0 radical (unpaired) electrons. The summed E-state index contributed by atoms with van der Waals surface area (Å²) in [5, 5.41) is 4.36. The Balaban J connectivity index is 1.56. The fraction of sp³-hybridized carbons (Fsp3) is 0.348. The fourth-order valence-electron chi connectivity index (χ4n) is 4.00. The molecule has 4 rings (SSSR count). The van der Waals surface area contributed by atoms with Crippen molar-refractivity contribution in [3.8, 4) is 0 Å². The number of ether oxygens (including phenoxy) is 1. The van der Waals surface area contributed by atoms with E-state index in [4.69, 9.17) is 4.74 Å². The summed E-state index contributed by atoms with van der Waals surface area (Å²) in [7, 11) is 1.73.